The summed E-state index contributed by atoms with van der Waals surface area (Å²) in [6.07, 6.45) is 0.832. The highest BCUT2D eigenvalue weighted by molar-refractivity contribution is 7.89. The molecule has 7 heteroatoms. The Morgan fingerprint density at radius 3 is 2.67 bits per heavy atom. The number of hydrogen-bond acceptors (Lipinski definition) is 5. The lowest BCUT2D eigenvalue weighted by Gasteiger charge is -2.21. The van der Waals surface area contributed by atoms with Gasteiger partial charge in [0.25, 0.3) is 0 Å². The normalized spacial score (nSPS) is 18.4. The molecule has 1 saturated heterocycles. The molecule has 0 amide bonds. The minimum atomic E-state index is -3.54. The summed E-state index contributed by atoms with van der Waals surface area (Å²) >= 11 is 0. The van der Waals surface area contributed by atoms with Crippen molar-refractivity contribution >= 4 is 10.0 Å². The third-order valence-corrected chi connectivity index (χ3v) is 5.70. The monoisotopic (exact) mass is 313 g/mol. The van der Waals surface area contributed by atoms with E-state index >= 15 is 0 Å². The van der Waals surface area contributed by atoms with Crippen LogP contribution >= 0.6 is 0 Å². The van der Waals surface area contributed by atoms with E-state index in [1.54, 1.807) is 18.2 Å². The van der Waals surface area contributed by atoms with Gasteiger partial charge in [-0.3, -0.25) is 0 Å². The molecule has 2 rings (SSSR count). The highest BCUT2D eigenvalue weighted by Gasteiger charge is 2.28. The SMILES string of the molecule is COc1cc(CN)ccc1S(=O)(=O)N1CCCN(C)CC1. The smallest absolute Gasteiger partial charge is 0.246 e. The summed E-state index contributed by atoms with van der Waals surface area (Å²) in [7, 11) is -0.0520. The van der Waals surface area contributed by atoms with Crippen molar-refractivity contribution in [1.82, 2.24) is 9.21 Å². The van der Waals surface area contributed by atoms with Crippen LogP contribution in [0.5, 0.6) is 5.75 Å². The maximum absolute atomic E-state index is 12.8. The first-order chi connectivity index (χ1) is 9.98. The molecule has 0 aliphatic carbocycles. The summed E-state index contributed by atoms with van der Waals surface area (Å²) in [6.45, 7) is 3.04. The number of benzene rings is 1. The number of sulfonamides is 1. The Morgan fingerprint density at radius 2 is 2.00 bits per heavy atom. The van der Waals surface area contributed by atoms with Crippen molar-refractivity contribution < 1.29 is 13.2 Å². The Labute approximate surface area is 126 Å². The fraction of sp³-hybridized carbons (Fsp3) is 0.571. The molecule has 6 nitrogen and oxygen atoms in total. The number of hydrogen-bond donors (Lipinski definition) is 1. The van der Waals surface area contributed by atoms with E-state index in [2.05, 4.69) is 4.90 Å². The van der Waals surface area contributed by atoms with Crippen molar-refractivity contribution in [2.75, 3.05) is 40.3 Å². The van der Waals surface area contributed by atoms with Gasteiger partial charge in [0, 0.05) is 26.2 Å². The second-order valence-electron chi connectivity index (χ2n) is 5.25. The van der Waals surface area contributed by atoms with E-state index < -0.39 is 10.0 Å². The first-order valence-electron chi connectivity index (χ1n) is 7.04. The predicted molar refractivity (Wildman–Crippen MR) is 81.8 cm³/mol. The topological polar surface area (TPSA) is 75.9 Å². The Hall–Kier alpha value is -1.15. The lowest BCUT2D eigenvalue weighted by molar-refractivity contribution is 0.346. The fourth-order valence-electron chi connectivity index (χ4n) is 2.45. The van der Waals surface area contributed by atoms with Crippen molar-refractivity contribution in [3.63, 3.8) is 0 Å². The molecule has 0 spiro atoms. The lowest BCUT2D eigenvalue weighted by atomic mass is 10.2. The number of nitrogens with zero attached hydrogens (tertiary/aromatic N) is 2. The highest BCUT2D eigenvalue weighted by Crippen LogP contribution is 2.28. The van der Waals surface area contributed by atoms with E-state index in [4.69, 9.17) is 10.5 Å². The van der Waals surface area contributed by atoms with Crippen LogP contribution in [0.15, 0.2) is 23.1 Å². The summed E-state index contributed by atoms with van der Waals surface area (Å²) in [4.78, 5) is 2.36. The van der Waals surface area contributed by atoms with Gasteiger partial charge >= 0.3 is 0 Å². The molecule has 0 unspecified atom stereocenters. The number of ether oxygens (including phenoxy) is 1. The van der Waals surface area contributed by atoms with Gasteiger partial charge in [0.2, 0.25) is 10.0 Å². The molecular formula is C14H23N3O3S. The van der Waals surface area contributed by atoms with E-state index in [1.165, 1.54) is 11.4 Å². The molecule has 1 heterocycles. The summed E-state index contributed by atoms with van der Waals surface area (Å²) in [5.41, 5.74) is 6.44. The molecule has 0 aromatic heterocycles. The Balaban J connectivity index is 2.34. The Kier molecular flexibility index (Phi) is 5.21. The Morgan fingerprint density at radius 1 is 1.24 bits per heavy atom. The van der Waals surface area contributed by atoms with Crippen molar-refractivity contribution in [1.29, 1.82) is 0 Å². The van der Waals surface area contributed by atoms with Crippen molar-refractivity contribution in [2.45, 2.75) is 17.9 Å². The quantitative estimate of drug-likeness (QED) is 0.875. The molecule has 0 saturated carbocycles. The van der Waals surface area contributed by atoms with Crippen molar-refractivity contribution in [2.24, 2.45) is 5.73 Å². The molecular weight excluding hydrogens is 290 g/mol. The summed E-state index contributed by atoms with van der Waals surface area (Å²) < 4.78 is 32.4. The zero-order valence-corrected chi connectivity index (χ0v) is 13.4. The predicted octanol–water partition coefficient (Wildman–Crippen LogP) is 0.480. The molecule has 0 radical (unpaired) electrons. The van der Waals surface area contributed by atoms with Crippen LogP contribution in [-0.4, -0.2) is 58.0 Å². The fourth-order valence-corrected chi connectivity index (χ4v) is 4.06. The van der Waals surface area contributed by atoms with Gasteiger partial charge in [0.05, 0.1) is 7.11 Å². The molecule has 2 N–H and O–H groups in total. The van der Waals surface area contributed by atoms with Crippen molar-refractivity contribution in [3.05, 3.63) is 23.8 Å². The molecule has 1 aliphatic rings. The summed E-state index contributed by atoms with van der Waals surface area (Å²) in [6, 6.07) is 5.02. The van der Waals surface area contributed by atoms with Crippen LogP contribution in [0.1, 0.15) is 12.0 Å². The number of nitrogens with two attached hydrogens (primary N) is 1. The molecule has 1 aliphatic heterocycles. The van der Waals surface area contributed by atoms with Crippen LogP contribution in [-0.2, 0) is 16.6 Å². The van der Waals surface area contributed by atoms with Gasteiger partial charge < -0.3 is 15.4 Å². The minimum Gasteiger partial charge on any atom is -0.495 e. The van der Waals surface area contributed by atoms with E-state index in [-0.39, 0.29) is 4.90 Å². The van der Waals surface area contributed by atoms with Gasteiger partial charge in [0.1, 0.15) is 10.6 Å². The third-order valence-electron chi connectivity index (χ3n) is 3.76. The molecule has 1 fully saturated rings. The average molecular weight is 313 g/mol. The van der Waals surface area contributed by atoms with Crippen LogP contribution in [0, 0.1) is 0 Å². The first-order valence-corrected chi connectivity index (χ1v) is 8.48. The van der Waals surface area contributed by atoms with Crippen molar-refractivity contribution in [3.8, 4) is 5.75 Å². The van der Waals surface area contributed by atoms with Gasteiger partial charge in [-0.15, -0.1) is 0 Å². The lowest BCUT2D eigenvalue weighted by Crippen LogP contribution is -2.34. The second-order valence-corrected chi connectivity index (χ2v) is 7.16. The van der Waals surface area contributed by atoms with E-state index in [1.807, 2.05) is 7.05 Å². The van der Waals surface area contributed by atoms with E-state index in [0.29, 0.717) is 25.4 Å². The van der Waals surface area contributed by atoms with Crippen LogP contribution in [0.3, 0.4) is 0 Å². The molecule has 21 heavy (non-hydrogen) atoms. The number of rotatable bonds is 4. The summed E-state index contributed by atoms with van der Waals surface area (Å²) in [5.74, 6) is 0.357. The number of likely N-dealkylation sites (N-methyl/N-ethyl adjacent to an activating group) is 1. The second kappa shape index (κ2) is 6.74. The van der Waals surface area contributed by atoms with E-state index in [0.717, 1.165) is 25.1 Å². The first kappa shape index (κ1) is 16.2. The molecule has 0 atom stereocenters. The van der Waals surface area contributed by atoms with E-state index in [9.17, 15) is 8.42 Å². The van der Waals surface area contributed by atoms with Crippen LogP contribution in [0.2, 0.25) is 0 Å². The molecule has 0 bridgehead atoms. The zero-order chi connectivity index (χ0) is 15.5. The van der Waals surface area contributed by atoms with Gasteiger partial charge in [-0.2, -0.15) is 4.31 Å². The van der Waals surface area contributed by atoms with Gasteiger partial charge in [-0.05, 0) is 37.7 Å². The van der Waals surface area contributed by atoms with Crippen LogP contribution < -0.4 is 10.5 Å². The average Bonchev–Trinajstić information content (AvgIpc) is 2.71. The highest BCUT2D eigenvalue weighted by atomic mass is 32.2. The largest absolute Gasteiger partial charge is 0.495 e. The van der Waals surface area contributed by atoms with Gasteiger partial charge in [-0.25, -0.2) is 8.42 Å². The third kappa shape index (κ3) is 3.55. The molecule has 1 aromatic carbocycles. The van der Waals surface area contributed by atoms with Crippen LogP contribution in [0.4, 0.5) is 0 Å². The minimum absolute atomic E-state index is 0.215. The zero-order valence-electron chi connectivity index (χ0n) is 12.6. The standard InChI is InChI=1S/C14H23N3O3S/c1-16-6-3-7-17(9-8-16)21(18,19)14-5-4-12(11-15)10-13(14)20-2/h4-5,10H,3,6-9,11,15H2,1-2H3. The maximum atomic E-state index is 12.8. The summed E-state index contributed by atoms with van der Waals surface area (Å²) in [5, 5.41) is 0. The van der Waals surface area contributed by atoms with Gasteiger partial charge in [-0.1, -0.05) is 6.07 Å². The van der Waals surface area contributed by atoms with Gasteiger partial charge in [0.15, 0.2) is 0 Å². The Bertz CT molecular complexity index is 589. The molecule has 118 valence electrons. The maximum Gasteiger partial charge on any atom is 0.246 e. The van der Waals surface area contributed by atoms with Crippen LogP contribution in [0.25, 0.3) is 0 Å². The molecule has 1 aromatic rings. The number of methoxy groups -OCH3 is 1.